The van der Waals surface area contributed by atoms with E-state index in [-0.39, 0.29) is 28.7 Å². The molecular weight excluding hydrogens is 450 g/mol. The molecule has 1 amide bonds. The summed E-state index contributed by atoms with van der Waals surface area (Å²) in [6, 6.07) is 14.0. The second-order valence-corrected chi connectivity index (χ2v) is 10.8. The van der Waals surface area contributed by atoms with Gasteiger partial charge in [-0.2, -0.15) is 0 Å². The first-order valence-electron chi connectivity index (χ1n) is 8.62. The highest BCUT2D eigenvalue weighted by atomic mass is 35.5. The second-order valence-electron chi connectivity index (χ2n) is 6.17. The van der Waals surface area contributed by atoms with Gasteiger partial charge in [-0.3, -0.25) is 10.1 Å². The maximum absolute atomic E-state index is 12.4. The largest absolute Gasteiger partial charge is 0.300 e. The van der Waals surface area contributed by atoms with E-state index >= 15 is 0 Å². The van der Waals surface area contributed by atoms with Crippen molar-refractivity contribution in [1.29, 1.82) is 0 Å². The lowest BCUT2D eigenvalue weighted by molar-refractivity contribution is -0.113. The summed E-state index contributed by atoms with van der Waals surface area (Å²) in [6.45, 7) is 2.01. The Morgan fingerprint density at radius 3 is 2.48 bits per heavy atom. The van der Waals surface area contributed by atoms with Crippen LogP contribution in [0.1, 0.15) is 10.6 Å². The first kappa shape index (κ1) is 21.8. The summed E-state index contributed by atoms with van der Waals surface area (Å²) in [5.74, 6) is -0.0317. The third-order valence-corrected chi connectivity index (χ3v) is 7.76. The van der Waals surface area contributed by atoms with Crippen LogP contribution >= 0.6 is 34.7 Å². The Balaban J connectivity index is 1.50. The molecule has 3 rings (SSSR count). The van der Waals surface area contributed by atoms with Crippen molar-refractivity contribution in [1.82, 2.24) is 10.2 Å². The van der Waals surface area contributed by atoms with Gasteiger partial charge in [-0.1, -0.05) is 40.6 Å². The smallest absolute Gasteiger partial charge is 0.236 e. The van der Waals surface area contributed by atoms with Crippen LogP contribution in [0.3, 0.4) is 0 Å². The van der Waals surface area contributed by atoms with Crippen molar-refractivity contribution in [2.75, 3.05) is 16.8 Å². The van der Waals surface area contributed by atoms with Gasteiger partial charge >= 0.3 is 0 Å². The molecule has 0 aliphatic heterocycles. The Hall–Kier alpha value is -1.94. The molecule has 0 unspecified atom stereocenters. The molecule has 1 N–H and O–H groups in total. The second kappa shape index (κ2) is 9.71. The van der Waals surface area contributed by atoms with Gasteiger partial charge in [0.15, 0.2) is 9.84 Å². The highest BCUT2D eigenvalue weighted by Crippen LogP contribution is 2.21. The zero-order valence-electron chi connectivity index (χ0n) is 15.5. The number of benzene rings is 2. The normalized spacial score (nSPS) is 11.4. The molecule has 2 aromatic carbocycles. The first-order chi connectivity index (χ1) is 13.8. The van der Waals surface area contributed by atoms with E-state index < -0.39 is 9.84 Å². The Morgan fingerprint density at radius 1 is 1.10 bits per heavy atom. The molecule has 0 saturated heterocycles. The molecule has 0 bridgehead atoms. The SMILES string of the molecule is Cc1ccc(SCC(=O)Nc2nnc(CCS(=O)(=O)c3ccc(Cl)cc3)s2)cc1. The molecule has 0 atom stereocenters. The highest BCUT2D eigenvalue weighted by Gasteiger charge is 2.16. The van der Waals surface area contributed by atoms with E-state index in [0.29, 0.717) is 15.2 Å². The van der Waals surface area contributed by atoms with Crippen LogP contribution in [-0.4, -0.2) is 36.0 Å². The van der Waals surface area contributed by atoms with E-state index in [2.05, 4.69) is 15.5 Å². The number of nitrogens with zero attached hydrogens (tertiary/aromatic N) is 2. The van der Waals surface area contributed by atoms with Gasteiger partial charge in [-0.15, -0.1) is 22.0 Å². The van der Waals surface area contributed by atoms with Gasteiger partial charge in [0.2, 0.25) is 11.0 Å². The van der Waals surface area contributed by atoms with Gasteiger partial charge < -0.3 is 0 Å². The number of nitrogens with one attached hydrogen (secondary N) is 1. The molecule has 152 valence electrons. The molecule has 1 heterocycles. The topological polar surface area (TPSA) is 89.0 Å². The van der Waals surface area contributed by atoms with Crippen LogP contribution in [0.4, 0.5) is 5.13 Å². The maximum atomic E-state index is 12.4. The Kier molecular flexibility index (Phi) is 7.28. The number of aryl methyl sites for hydroxylation is 2. The molecule has 0 radical (unpaired) electrons. The minimum atomic E-state index is -3.44. The summed E-state index contributed by atoms with van der Waals surface area (Å²) in [7, 11) is -3.44. The monoisotopic (exact) mass is 467 g/mol. The van der Waals surface area contributed by atoms with E-state index in [0.717, 1.165) is 4.90 Å². The van der Waals surface area contributed by atoms with Crippen LogP contribution < -0.4 is 5.32 Å². The molecule has 29 heavy (non-hydrogen) atoms. The Morgan fingerprint density at radius 2 is 1.79 bits per heavy atom. The van der Waals surface area contributed by atoms with Crippen LogP contribution in [0, 0.1) is 6.92 Å². The molecule has 0 saturated carbocycles. The zero-order chi connectivity index (χ0) is 20.9. The summed E-state index contributed by atoms with van der Waals surface area (Å²) in [5, 5.41) is 12.0. The van der Waals surface area contributed by atoms with Gasteiger partial charge in [0.25, 0.3) is 0 Å². The highest BCUT2D eigenvalue weighted by molar-refractivity contribution is 8.00. The van der Waals surface area contributed by atoms with Gasteiger partial charge in [0.1, 0.15) is 5.01 Å². The third-order valence-electron chi connectivity index (χ3n) is 3.86. The molecule has 0 fully saturated rings. The summed E-state index contributed by atoms with van der Waals surface area (Å²) in [6.07, 6.45) is 0.219. The lowest BCUT2D eigenvalue weighted by Crippen LogP contribution is -2.13. The van der Waals surface area contributed by atoms with Crippen LogP contribution in [0.5, 0.6) is 0 Å². The molecule has 0 aliphatic carbocycles. The number of aromatic nitrogens is 2. The van der Waals surface area contributed by atoms with Crippen LogP contribution in [0.2, 0.25) is 5.02 Å². The number of hydrogen-bond donors (Lipinski definition) is 1. The summed E-state index contributed by atoms with van der Waals surface area (Å²) >= 11 is 8.40. The molecule has 0 spiro atoms. The average molecular weight is 468 g/mol. The number of carbonyl (C=O) groups excluding carboxylic acids is 1. The minimum absolute atomic E-state index is 0.0967. The predicted octanol–water partition coefficient (Wildman–Crippen LogP) is 4.25. The number of sulfone groups is 1. The fraction of sp³-hybridized carbons (Fsp3) is 0.211. The van der Waals surface area contributed by atoms with E-state index in [1.807, 2.05) is 31.2 Å². The number of amides is 1. The molecule has 3 aromatic rings. The Labute approximate surface area is 182 Å². The number of anilines is 1. The lowest BCUT2D eigenvalue weighted by atomic mass is 10.2. The Bertz CT molecular complexity index is 1080. The number of thioether (sulfide) groups is 1. The fourth-order valence-electron chi connectivity index (χ4n) is 2.33. The minimum Gasteiger partial charge on any atom is -0.300 e. The molecule has 6 nitrogen and oxygen atoms in total. The number of halogens is 1. The van der Waals surface area contributed by atoms with Crippen LogP contribution in [-0.2, 0) is 21.1 Å². The molecule has 10 heteroatoms. The summed E-state index contributed by atoms with van der Waals surface area (Å²) in [5.41, 5.74) is 1.17. The number of carbonyl (C=O) groups is 1. The molecule has 0 aliphatic rings. The van der Waals surface area contributed by atoms with Gasteiger partial charge in [-0.05, 0) is 43.3 Å². The van der Waals surface area contributed by atoms with Crippen molar-refractivity contribution in [2.24, 2.45) is 0 Å². The van der Waals surface area contributed by atoms with E-state index in [1.165, 1.54) is 40.8 Å². The average Bonchev–Trinajstić information content (AvgIpc) is 3.14. The van der Waals surface area contributed by atoms with E-state index in [4.69, 9.17) is 11.6 Å². The maximum Gasteiger partial charge on any atom is 0.236 e. The summed E-state index contributed by atoms with van der Waals surface area (Å²) < 4.78 is 24.8. The van der Waals surface area contributed by atoms with Crippen molar-refractivity contribution >= 4 is 55.6 Å². The van der Waals surface area contributed by atoms with Gasteiger partial charge in [0.05, 0.1) is 16.4 Å². The van der Waals surface area contributed by atoms with Crippen molar-refractivity contribution in [3.8, 4) is 0 Å². The predicted molar refractivity (Wildman–Crippen MR) is 118 cm³/mol. The number of rotatable bonds is 8. The zero-order valence-corrected chi connectivity index (χ0v) is 18.7. The van der Waals surface area contributed by atoms with Gasteiger partial charge in [0, 0.05) is 16.3 Å². The van der Waals surface area contributed by atoms with E-state index in [1.54, 1.807) is 12.1 Å². The van der Waals surface area contributed by atoms with Gasteiger partial charge in [-0.25, -0.2) is 8.42 Å². The third kappa shape index (κ3) is 6.53. The fourth-order valence-corrected chi connectivity index (χ4v) is 5.28. The first-order valence-corrected chi connectivity index (χ1v) is 12.4. The van der Waals surface area contributed by atoms with Crippen molar-refractivity contribution < 1.29 is 13.2 Å². The quantitative estimate of drug-likeness (QED) is 0.498. The molecule has 1 aromatic heterocycles. The van der Waals surface area contributed by atoms with Crippen molar-refractivity contribution in [2.45, 2.75) is 23.1 Å². The standard InChI is InChI=1S/C19H18ClN3O3S3/c1-13-2-6-15(7-3-13)27-12-17(24)21-19-23-22-18(28-19)10-11-29(25,26)16-8-4-14(20)5-9-16/h2-9H,10-12H2,1H3,(H,21,23,24). The number of hydrogen-bond acceptors (Lipinski definition) is 7. The van der Waals surface area contributed by atoms with Crippen LogP contribution in [0.25, 0.3) is 0 Å². The van der Waals surface area contributed by atoms with Crippen LogP contribution in [0.15, 0.2) is 58.3 Å². The summed E-state index contributed by atoms with van der Waals surface area (Å²) in [4.78, 5) is 13.3. The van der Waals surface area contributed by atoms with Crippen molar-refractivity contribution in [3.05, 3.63) is 64.1 Å². The van der Waals surface area contributed by atoms with Crippen molar-refractivity contribution in [3.63, 3.8) is 0 Å². The lowest BCUT2D eigenvalue weighted by Gasteiger charge is -2.03. The molecular formula is C19H18ClN3O3S3. The van der Waals surface area contributed by atoms with E-state index in [9.17, 15) is 13.2 Å².